The second-order valence-electron chi connectivity index (χ2n) is 6.71. The lowest BCUT2D eigenvalue weighted by atomic mass is 10.2. The normalized spacial score (nSPS) is 10.9. The number of thiophene rings is 1. The minimum absolute atomic E-state index is 0.113. The molecule has 0 unspecified atom stereocenters. The number of nitro benzene ring substituents is 1. The lowest BCUT2D eigenvalue weighted by molar-refractivity contribution is -0.384. The van der Waals surface area contributed by atoms with E-state index in [0.29, 0.717) is 21.2 Å². The fourth-order valence-electron chi connectivity index (χ4n) is 2.92. The molecule has 0 atom stereocenters. The number of hydrogen-bond donors (Lipinski definition) is 1. The van der Waals surface area contributed by atoms with Crippen molar-refractivity contribution in [2.45, 2.75) is 0 Å². The van der Waals surface area contributed by atoms with Crippen LogP contribution in [0.15, 0.2) is 77.9 Å². The number of hydrogen-bond acceptors (Lipinski definition) is 7. The average Bonchev–Trinajstić information content (AvgIpc) is 3.16. The van der Waals surface area contributed by atoms with E-state index in [9.17, 15) is 19.7 Å². The predicted octanol–water partition coefficient (Wildman–Crippen LogP) is 5.45. The Labute approximate surface area is 196 Å². The van der Waals surface area contributed by atoms with Gasteiger partial charge >= 0.3 is 5.97 Å². The summed E-state index contributed by atoms with van der Waals surface area (Å²) >= 11 is 7.59. The van der Waals surface area contributed by atoms with Crippen molar-refractivity contribution in [1.82, 2.24) is 5.43 Å². The summed E-state index contributed by atoms with van der Waals surface area (Å²) < 4.78 is 6.35. The number of benzene rings is 3. The molecule has 1 aromatic heterocycles. The standard InChI is InChI=1S/C23H14ClN3O5S/c24-20-18-6-1-2-7-19(18)33-21(20)23(29)32-17-5-3-4-14(12-17)13-25-26-22(28)15-8-10-16(11-9-15)27(30)31/h1-13H,(H,26,28). The van der Waals surface area contributed by atoms with E-state index in [2.05, 4.69) is 10.5 Å². The molecule has 4 rings (SSSR count). The van der Waals surface area contributed by atoms with E-state index in [-0.39, 0.29) is 11.3 Å². The van der Waals surface area contributed by atoms with Crippen LogP contribution in [0.2, 0.25) is 5.02 Å². The maximum atomic E-state index is 12.6. The highest BCUT2D eigenvalue weighted by Gasteiger charge is 2.19. The first-order chi connectivity index (χ1) is 15.9. The Morgan fingerprint density at radius 3 is 2.55 bits per heavy atom. The van der Waals surface area contributed by atoms with Crippen molar-refractivity contribution in [3.8, 4) is 5.75 Å². The Kier molecular flexibility index (Phi) is 6.43. The quantitative estimate of drug-likeness (QED) is 0.130. The highest BCUT2D eigenvalue weighted by atomic mass is 35.5. The Balaban J connectivity index is 1.41. The van der Waals surface area contributed by atoms with Crippen LogP contribution in [0.1, 0.15) is 25.6 Å². The van der Waals surface area contributed by atoms with Gasteiger partial charge in [-0.3, -0.25) is 14.9 Å². The number of nitrogens with one attached hydrogen (secondary N) is 1. The molecule has 0 aliphatic heterocycles. The van der Waals surface area contributed by atoms with Crippen LogP contribution in [0.25, 0.3) is 10.1 Å². The fourth-order valence-corrected chi connectivity index (χ4v) is 4.31. The van der Waals surface area contributed by atoms with Gasteiger partial charge < -0.3 is 4.74 Å². The number of nitro groups is 1. The van der Waals surface area contributed by atoms with E-state index in [1.54, 1.807) is 24.3 Å². The first-order valence-electron chi connectivity index (χ1n) is 9.49. The molecule has 10 heteroatoms. The third-order valence-corrected chi connectivity index (χ3v) is 6.16. The molecule has 4 aromatic rings. The number of non-ortho nitro benzene ring substituents is 1. The second-order valence-corrected chi connectivity index (χ2v) is 8.14. The van der Waals surface area contributed by atoms with Crippen molar-refractivity contribution >= 4 is 56.8 Å². The maximum absolute atomic E-state index is 12.6. The van der Waals surface area contributed by atoms with Crippen LogP contribution < -0.4 is 10.2 Å². The summed E-state index contributed by atoms with van der Waals surface area (Å²) in [6.45, 7) is 0. The highest BCUT2D eigenvalue weighted by molar-refractivity contribution is 7.21. The topological polar surface area (TPSA) is 111 Å². The Hall–Kier alpha value is -4.08. The molecule has 8 nitrogen and oxygen atoms in total. The van der Waals surface area contributed by atoms with Crippen LogP contribution in [0.3, 0.4) is 0 Å². The van der Waals surface area contributed by atoms with E-state index in [1.807, 2.05) is 24.3 Å². The zero-order valence-corrected chi connectivity index (χ0v) is 18.3. The number of esters is 1. The third kappa shape index (κ3) is 5.05. The number of hydrazone groups is 1. The van der Waals surface area contributed by atoms with E-state index in [4.69, 9.17) is 16.3 Å². The number of nitrogens with zero attached hydrogens (tertiary/aromatic N) is 2. The van der Waals surface area contributed by atoms with Crippen LogP contribution in [-0.4, -0.2) is 23.0 Å². The highest BCUT2D eigenvalue weighted by Crippen LogP contribution is 2.35. The molecule has 0 spiro atoms. The van der Waals surface area contributed by atoms with Crippen molar-refractivity contribution in [1.29, 1.82) is 0 Å². The van der Waals surface area contributed by atoms with E-state index in [1.165, 1.54) is 41.8 Å². The number of carbonyl (C=O) groups is 2. The van der Waals surface area contributed by atoms with Gasteiger partial charge in [0.05, 0.1) is 16.2 Å². The van der Waals surface area contributed by atoms with E-state index >= 15 is 0 Å². The van der Waals surface area contributed by atoms with Crippen LogP contribution >= 0.6 is 22.9 Å². The minimum Gasteiger partial charge on any atom is -0.422 e. The number of rotatable bonds is 6. The molecule has 0 aliphatic rings. The lowest BCUT2D eigenvalue weighted by Gasteiger charge is -2.04. The van der Waals surface area contributed by atoms with Gasteiger partial charge in [0.1, 0.15) is 10.6 Å². The van der Waals surface area contributed by atoms with Gasteiger partial charge in [-0.05, 0) is 35.9 Å². The minimum atomic E-state index is -0.568. The summed E-state index contributed by atoms with van der Waals surface area (Å²) in [6.07, 6.45) is 1.38. The molecule has 0 aliphatic carbocycles. The molecule has 0 saturated carbocycles. The molecular formula is C23H14ClN3O5S. The summed E-state index contributed by atoms with van der Waals surface area (Å²) in [5.41, 5.74) is 3.03. The van der Waals surface area contributed by atoms with Gasteiger partial charge in [-0.2, -0.15) is 5.10 Å². The third-order valence-electron chi connectivity index (χ3n) is 4.51. The van der Waals surface area contributed by atoms with Crippen molar-refractivity contribution in [3.63, 3.8) is 0 Å². The summed E-state index contributed by atoms with van der Waals surface area (Å²) in [5, 5.41) is 15.7. The zero-order chi connectivity index (χ0) is 23.4. The molecule has 0 radical (unpaired) electrons. The van der Waals surface area contributed by atoms with Crippen LogP contribution in [0, 0.1) is 10.1 Å². The Morgan fingerprint density at radius 2 is 1.82 bits per heavy atom. The summed E-state index contributed by atoms with van der Waals surface area (Å²) in [5.74, 6) is -0.802. The average molecular weight is 480 g/mol. The second kappa shape index (κ2) is 9.60. The number of carbonyl (C=O) groups excluding carboxylic acids is 2. The number of amides is 1. The van der Waals surface area contributed by atoms with E-state index < -0.39 is 16.8 Å². The molecule has 0 fully saturated rings. The summed E-state index contributed by atoms with van der Waals surface area (Å²) in [7, 11) is 0. The molecule has 0 saturated heterocycles. The van der Waals surface area contributed by atoms with Gasteiger partial charge in [0.15, 0.2) is 0 Å². The van der Waals surface area contributed by atoms with Gasteiger partial charge in [0, 0.05) is 27.8 Å². The van der Waals surface area contributed by atoms with Gasteiger partial charge in [-0.15, -0.1) is 11.3 Å². The molecule has 164 valence electrons. The number of fused-ring (bicyclic) bond motifs is 1. The summed E-state index contributed by atoms with van der Waals surface area (Å²) in [6, 6.07) is 19.2. The summed E-state index contributed by atoms with van der Waals surface area (Å²) in [4.78, 5) is 35.2. The molecule has 1 heterocycles. The van der Waals surface area contributed by atoms with Gasteiger partial charge in [0.2, 0.25) is 0 Å². The van der Waals surface area contributed by atoms with Crippen LogP contribution in [0.4, 0.5) is 5.69 Å². The number of ether oxygens (including phenoxy) is 1. The molecule has 1 N–H and O–H groups in total. The Morgan fingerprint density at radius 1 is 1.06 bits per heavy atom. The fraction of sp³-hybridized carbons (Fsp3) is 0. The van der Waals surface area contributed by atoms with Gasteiger partial charge in [0.25, 0.3) is 11.6 Å². The molecule has 33 heavy (non-hydrogen) atoms. The maximum Gasteiger partial charge on any atom is 0.355 e. The SMILES string of the molecule is O=C(NN=Cc1cccc(OC(=O)c2sc3ccccc3c2Cl)c1)c1ccc([N+](=O)[O-])cc1. The van der Waals surface area contributed by atoms with E-state index in [0.717, 1.165) is 10.1 Å². The first kappa shape index (κ1) is 22.1. The van der Waals surface area contributed by atoms with Crippen LogP contribution in [0.5, 0.6) is 5.75 Å². The van der Waals surface area contributed by atoms with Crippen molar-refractivity contribution < 1.29 is 19.2 Å². The monoisotopic (exact) mass is 479 g/mol. The zero-order valence-electron chi connectivity index (χ0n) is 16.7. The largest absolute Gasteiger partial charge is 0.422 e. The Bertz CT molecular complexity index is 1400. The van der Waals surface area contributed by atoms with Gasteiger partial charge in [-0.1, -0.05) is 41.9 Å². The molecule has 0 bridgehead atoms. The van der Waals surface area contributed by atoms with Crippen molar-refractivity contribution in [3.05, 3.63) is 104 Å². The van der Waals surface area contributed by atoms with Crippen molar-refractivity contribution in [2.24, 2.45) is 5.10 Å². The van der Waals surface area contributed by atoms with Crippen LogP contribution in [-0.2, 0) is 0 Å². The lowest BCUT2D eigenvalue weighted by Crippen LogP contribution is -2.17. The van der Waals surface area contributed by atoms with Crippen molar-refractivity contribution in [2.75, 3.05) is 0 Å². The smallest absolute Gasteiger partial charge is 0.355 e. The number of halogens is 1. The first-order valence-corrected chi connectivity index (χ1v) is 10.7. The predicted molar refractivity (Wildman–Crippen MR) is 126 cm³/mol. The molecular weight excluding hydrogens is 466 g/mol. The molecule has 3 aromatic carbocycles. The molecule has 1 amide bonds. The van der Waals surface area contributed by atoms with Gasteiger partial charge in [-0.25, -0.2) is 10.2 Å².